The van der Waals surface area contributed by atoms with E-state index in [4.69, 9.17) is 5.11 Å². The number of sulfonamides is 1. The van der Waals surface area contributed by atoms with Crippen LogP contribution in [0.5, 0.6) is 0 Å². The van der Waals surface area contributed by atoms with Crippen LogP contribution in [0.2, 0.25) is 0 Å². The molecule has 0 aliphatic carbocycles. The minimum atomic E-state index is -3.73. The summed E-state index contributed by atoms with van der Waals surface area (Å²) >= 11 is 0. The van der Waals surface area contributed by atoms with Gasteiger partial charge in [0.1, 0.15) is 0 Å². The highest BCUT2D eigenvalue weighted by molar-refractivity contribution is 7.89. The average molecular weight is 301 g/mol. The highest BCUT2D eigenvalue weighted by atomic mass is 32.2. The molecule has 1 atom stereocenters. The molecular weight excluding hydrogens is 282 g/mol. The second-order valence-electron chi connectivity index (χ2n) is 4.64. The van der Waals surface area contributed by atoms with Gasteiger partial charge in [0.15, 0.2) is 6.10 Å². The number of aliphatic carboxylic acids is 1. The average Bonchev–Trinajstić information content (AvgIpc) is 2.39. The molecule has 0 fully saturated rings. The first kappa shape index (κ1) is 16.6. The van der Waals surface area contributed by atoms with Gasteiger partial charge in [0.25, 0.3) is 0 Å². The maximum Gasteiger partial charge on any atom is 0.334 e. The van der Waals surface area contributed by atoms with Crippen LogP contribution in [0.25, 0.3) is 0 Å². The van der Waals surface area contributed by atoms with Gasteiger partial charge in [0.05, 0.1) is 4.90 Å². The lowest BCUT2D eigenvalue weighted by Crippen LogP contribution is -2.37. The van der Waals surface area contributed by atoms with Gasteiger partial charge in [-0.1, -0.05) is 26.0 Å². The number of hydrogen-bond donors (Lipinski definition) is 2. The van der Waals surface area contributed by atoms with E-state index in [0.717, 1.165) is 5.56 Å². The van der Waals surface area contributed by atoms with Crippen molar-refractivity contribution in [2.24, 2.45) is 0 Å². The Labute approximate surface area is 118 Å². The zero-order chi connectivity index (χ0) is 15.3. The molecule has 7 heteroatoms. The summed E-state index contributed by atoms with van der Waals surface area (Å²) in [4.78, 5) is 10.8. The van der Waals surface area contributed by atoms with Crippen LogP contribution in [0.4, 0.5) is 0 Å². The molecule has 1 unspecified atom stereocenters. The SMILES string of the molecule is COC(CNS(=O)(=O)c1ccc(C(C)C)cc1)C(=O)O. The highest BCUT2D eigenvalue weighted by Crippen LogP contribution is 2.17. The van der Waals surface area contributed by atoms with Crippen LogP contribution in [0.1, 0.15) is 25.3 Å². The van der Waals surface area contributed by atoms with Gasteiger partial charge in [-0.05, 0) is 23.6 Å². The third-order valence-corrected chi connectivity index (χ3v) is 4.32. The standard InChI is InChI=1S/C13H19NO5S/c1-9(2)10-4-6-11(7-5-10)20(17,18)14-8-12(19-3)13(15)16/h4-7,9,12,14H,8H2,1-3H3,(H,15,16). The lowest BCUT2D eigenvalue weighted by atomic mass is 10.0. The van der Waals surface area contributed by atoms with E-state index in [1.807, 2.05) is 13.8 Å². The largest absolute Gasteiger partial charge is 0.479 e. The molecule has 0 bridgehead atoms. The van der Waals surface area contributed by atoms with Gasteiger partial charge < -0.3 is 9.84 Å². The number of ether oxygens (including phenoxy) is 1. The van der Waals surface area contributed by atoms with Gasteiger partial charge >= 0.3 is 5.97 Å². The normalized spacial score (nSPS) is 13.4. The van der Waals surface area contributed by atoms with Gasteiger partial charge in [0, 0.05) is 13.7 Å². The molecule has 0 heterocycles. The van der Waals surface area contributed by atoms with Crippen LogP contribution in [0, 0.1) is 0 Å². The smallest absolute Gasteiger partial charge is 0.334 e. The molecule has 2 N–H and O–H groups in total. The minimum absolute atomic E-state index is 0.0992. The molecule has 0 saturated heterocycles. The van der Waals surface area contributed by atoms with Crippen LogP contribution in [-0.4, -0.2) is 39.3 Å². The molecule has 1 aromatic rings. The van der Waals surface area contributed by atoms with Crippen LogP contribution in [-0.2, 0) is 19.6 Å². The molecule has 0 saturated carbocycles. The molecule has 1 rings (SSSR count). The van der Waals surface area contributed by atoms with Crippen molar-refractivity contribution in [2.75, 3.05) is 13.7 Å². The number of carboxylic acid groups (broad SMARTS) is 1. The number of carbonyl (C=O) groups is 1. The predicted molar refractivity (Wildman–Crippen MR) is 74.2 cm³/mol. The summed E-state index contributed by atoms with van der Waals surface area (Å²) in [7, 11) is -2.52. The molecule has 6 nitrogen and oxygen atoms in total. The van der Waals surface area contributed by atoms with E-state index in [1.165, 1.54) is 19.2 Å². The molecular formula is C13H19NO5S. The number of methoxy groups -OCH3 is 1. The number of rotatable bonds is 7. The fourth-order valence-electron chi connectivity index (χ4n) is 1.57. The first-order valence-electron chi connectivity index (χ1n) is 6.13. The maximum atomic E-state index is 12.0. The Bertz CT molecular complexity index is 551. The van der Waals surface area contributed by atoms with Crippen LogP contribution >= 0.6 is 0 Å². The Hall–Kier alpha value is -1.44. The zero-order valence-electron chi connectivity index (χ0n) is 11.7. The zero-order valence-corrected chi connectivity index (χ0v) is 12.5. The summed E-state index contributed by atoms with van der Waals surface area (Å²) in [5.41, 5.74) is 1.03. The van der Waals surface area contributed by atoms with Crippen molar-refractivity contribution in [1.82, 2.24) is 4.72 Å². The van der Waals surface area contributed by atoms with Gasteiger partial charge in [-0.15, -0.1) is 0 Å². The second-order valence-corrected chi connectivity index (χ2v) is 6.41. The van der Waals surface area contributed by atoms with Gasteiger partial charge in [-0.2, -0.15) is 0 Å². The van der Waals surface area contributed by atoms with E-state index in [0.29, 0.717) is 5.92 Å². The monoisotopic (exact) mass is 301 g/mol. The molecule has 0 spiro atoms. The number of hydrogen-bond acceptors (Lipinski definition) is 4. The second kappa shape index (κ2) is 6.83. The number of benzene rings is 1. The van der Waals surface area contributed by atoms with Gasteiger partial charge in [-0.25, -0.2) is 17.9 Å². The summed E-state index contributed by atoms with van der Waals surface area (Å²) < 4.78 is 30.9. The summed E-state index contributed by atoms with van der Waals surface area (Å²) in [6, 6.07) is 6.48. The minimum Gasteiger partial charge on any atom is -0.479 e. The van der Waals surface area contributed by atoms with Crippen molar-refractivity contribution in [3.05, 3.63) is 29.8 Å². The van der Waals surface area contributed by atoms with Gasteiger partial charge in [-0.3, -0.25) is 0 Å². The summed E-state index contributed by atoms with van der Waals surface area (Å²) in [5.74, 6) is -0.907. The van der Waals surface area contributed by atoms with Crippen molar-refractivity contribution >= 4 is 16.0 Å². The van der Waals surface area contributed by atoms with Crippen LogP contribution in [0.15, 0.2) is 29.2 Å². The van der Waals surface area contributed by atoms with E-state index in [2.05, 4.69) is 9.46 Å². The lowest BCUT2D eigenvalue weighted by Gasteiger charge is -2.12. The predicted octanol–water partition coefficient (Wildman–Crippen LogP) is 1.19. The fraction of sp³-hybridized carbons (Fsp3) is 0.462. The summed E-state index contributed by atoms with van der Waals surface area (Å²) in [6.07, 6.45) is -1.21. The first-order chi connectivity index (χ1) is 9.27. The van der Waals surface area contributed by atoms with Crippen molar-refractivity contribution < 1.29 is 23.1 Å². The fourth-order valence-corrected chi connectivity index (χ4v) is 2.60. The van der Waals surface area contributed by atoms with E-state index < -0.39 is 22.1 Å². The topological polar surface area (TPSA) is 92.7 Å². The maximum absolute atomic E-state index is 12.0. The van der Waals surface area contributed by atoms with Crippen molar-refractivity contribution in [2.45, 2.75) is 30.8 Å². The first-order valence-corrected chi connectivity index (χ1v) is 7.61. The van der Waals surface area contributed by atoms with E-state index in [9.17, 15) is 13.2 Å². The van der Waals surface area contributed by atoms with Crippen LogP contribution < -0.4 is 4.72 Å². The molecule has 1 aromatic carbocycles. The number of carboxylic acids is 1. The third-order valence-electron chi connectivity index (χ3n) is 2.88. The molecule has 0 aliphatic heterocycles. The Kier molecular flexibility index (Phi) is 5.67. The van der Waals surface area contributed by atoms with Crippen molar-refractivity contribution in [3.63, 3.8) is 0 Å². The summed E-state index contributed by atoms with van der Waals surface area (Å²) in [6.45, 7) is 3.70. The molecule has 0 radical (unpaired) electrons. The van der Waals surface area contributed by atoms with E-state index >= 15 is 0 Å². The Morgan fingerprint density at radius 3 is 2.25 bits per heavy atom. The number of nitrogens with one attached hydrogen (secondary N) is 1. The Balaban J connectivity index is 2.81. The Morgan fingerprint density at radius 1 is 1.30 bits per heavy atom. The Morgan fingerprint density at radius 2 is 1.85 bits per heavy atom. The van der Waals surface area contributed by atoms with E-state index in [-0.39, 0.29) is 11.4 Å². The van der Waals surface area contributed by atoms with Gasteiger partial charge in [0.2, 0.25) is 10.0 Å². The third kappa shape index (κ3) is 4.29. The molecule has 20 heavy (non-hydrogen) atoms. The quantitative estimate of drug-likeness (QED) is 0.789. The van der Waals surface area contributed by atoms with Crippen molar-refractivity contribution in [3.8, 4) is 0 Å². The lowest BCUT2D eigenvalue weighted by molar-refractivity contribution is -0.147. The highest BCUT2D eigenvalue weighted by Gasteiger charge is 2.21. The molecule has 0 aliphatic rings. The molecule has 0 aromatic heterocycles. The van der Waals surface area contributed by atoms with Crippen LogP contribution in [0.3, 0.4) is 0 Å². The molecule has 0 amide bonds. The summed E-state index contributed by atoms with van der Waals surface area (Å²) in [5, 5.41) is 8.78. The van der Waals surface area contributed by atoms with Crippen molar-refractivity contribution in [1.29, 1.82) is 0 Å². The molecule has 112 valence electrons. The van der Waals surface area contributed by atoms with E-state index in [1.54, 1.807) is 12.1 Å².